The Balaban J connectivity index is 2.65. The molecule has 0 bridgehead atoms. The molecule has 1 N–H and O–H groups in total. The Morgan fingerprint density at radius 1 is 1.22 bits per heavy atom. The molecule has 0 fully saturated rings. The number of nitrogens with zero attached hydrogens (tertiary/aromatic N) is 1. The molecule has 1 aromatic carbocycles. The first-order valence-corrected chi connectivity index (χ1v) is 7.43. The van der Waals surface area contributed by atoms with Crippen molar-refractivity contribution < 1.29 is 19.1 Å². The summed E-state index contributed by atoms with van der Waals surface area (Å²) in [6.45, 7) is 4.29. The maximum absolute atomic E-state index is 11.7. The number of benzene rings is 1. The normalized spacial score (nSPS) is 10.6. The van der Waals surface area contributed by atoms with Crippen molar-refractivity contribution in [2.75, 3.05) is 18.5 Å². The van der Waals surface area contributed by atoms with Gasteiger partial charge in [-0.05, 0) is 37.6 Å². The van der Waals surface area contributed by atoms with Gasteiger partial charge in [-0.1, -0.05) is 13.3 Å². The molecule has 1 aromatic rings. The maximum atomic E-state index is 11.7. The van der Waals surface area contributed by atoms with E-state index >= 15 is 0 Å². The van der Waals surface area contributed by atoms with Gasteiger partial charge in [0.2, 0.25) is 0 Å². The molecule has 0 atom stereocenters. The number of hydrogen-bond donors (Lipinski definition) is 1. The summed E-state index contributed by atoms with van der Waals surface area (Å²) in [6.07, 6.45) is 3.07. The molecule has 0 aromatic heterocycles. The highest BCUT2D eigenvalue weighted by molar-refractivity contribution is 5.93. The minimum atomic E-state index is -0.682. The van der Waals surface area contributed by atoms with Gasteiger partial charge in [0.05, 0.1) is 18.8 Å². The van der Waals surface area contributed by atoms with Crippen LogP contribution in [0.3, 0.4) is 0 Å². The molecule has 0 amide bonds. The lowest BCUT2D eigenvalue weighted by Crippen LogP contribution is -2.08. The molecule has 0 saturated carbocycles. The average molecular weight is 316 g/mol. The summed E-state index contributed by atoms with van der Waals surface area (Å²) in [6, 6.07) is 8.31. The van der Waals surface area contributed by atoms with E-state index in [4.69, 9.17) is 14.7 Å². The predicted molar refractivity (Wildman–Crippen MR) is 85.6 cm³/mol. The number of rotatable bonds is 8. The van der Waals surface area contributed by atoms with E-state index in [9.17, 15) is 9.59 Å². The van der Waals surface area contributed by atoms with Gasteiger partial charge in [-0.2, -0.15) is 5.26 Å². The Bertz CT molecular complexity index is 600. The first-order chi connectivity index (χ1) is 11.1. The van der Waals surface area contributed by atoms with Crippen LogP contribution in [0.25, 0.3) is 0 Å². The van der Waals surface area contributed by atoms with Crippen LogP contribution in [-0.2, 0) is 14.3 Å². The number of ether oxygens (including phenoxy) is 2. The molecule has 0 aliphatic rings. The number of esters is 2. The van der Waals surface area contributed by atoms with Crippen LogP contribution in [0.2, 0.25) is 0 Å². The van der Waals surface area contributed by atoms with Gasteiger partial charge in [0, 0.05) is 11.9 Å². The van der Waals surface area contributed by atoms with E-state index in [-0.39, 0.29) is 18.1 Å². The Hall–Kier alpha value is -2.81. The zero-order chi connectivity index (χ0) is 17.1. The average Bonchev–Trinajstić information content (AvgIpc) is 2.56. The van der Waals surface area contributed by atoms with Crippen molar-refractivity contribution in [3.63, 3.8) is 0 Å². The van der Waals surface area contributed by atoms with Gasteiger partial charge in [0.1, 0.15) is 6.07 Å². The summed E-state index contributed by atoms with van der Waals surface area (Å²) in [5.41, 5.74) is 0.948. The van der Waals surface area contributed by atoms with E-state index in [0.29, 0.717) is 17.9 Å². The van der Waals surface area contributed by atoms with Crippen LogP contribution in [-0.4, -0.2) is 25.2 Å². The highest BCUT2D eigenvalue weighted by Crippen LogP contribution is 2.11. The highest BCUT2D eigenvalue weighted by atomic mass is 16.5. The zero-order valence-electron chi connectivity index (χ0n) is 13.3. The fourth-order valence-corrected chi connectivity index (χ4v) is 1.60. The maximum Gasteiger partial charge on any atom is 0.350 e. The number of nitrogens with one attached hydrogen (secondary N) is 1. The fraction of sp³-hybridized carbons (Fsp3) is 0.353. The highest BCUT2D eigenvalue weighted by Gasteiger charge is 2.09. The number of nitriles is 1. The van der Waals surface area contributed by atoms with Gasteiger partial charge in [0.25, 0.3) is 0 Å². The number of hydrogen-bond acceptors (Lipinski definition) is 6. The van der Waals surface area contributed by atoms with E-state index < -0.39 is 5.97 Å². The second-order valence-electron chi connectivity index (χ2n) is 4.60. The Kier molecular flexibility index (Phi) is 7.94. The van der Waals surface area contributed by atoms with E-state index in [1.807, 2.05) is 6.92 Å². The summed E-state index contributed by atoms with van der Waals surface area (Å²) < 4.78 is 9.86. The molecule has 1 rings (SSSR count). The number of unbranched alkanes of at least 4 members (excludes halogenated alkanes) is 1. The lowest BCUT2D eigenvalue weighted by molar-refractivity contribution is -0.138. The first-order valence-electron chi connectivity index (χ1n) is 7.43. The van der Waals surface area contributed by atoms with Crippen LogP contribution < -0.4 is 5.32 Å². The van der Waals surface area contributed by atoms with Crippen molar-refractivity contribution in [3.8, 4) is 6.07 Å². The second kappa shape index (κ2) is 10.0. The van der Waals surface area contributed by atoms with Crippen molar-refractivity contribution in [3.05, 3.63) is 41.6 Å². The van der Waals surface area contributed by atoms with Gasteiger partial charge >= 0.3 is 11.9 Å². The molecular formula is C17H20N2O4. The van der Waals surface area contributed by atoms with Gasteiger partial charge in [-0.15, -0.1) is 0 Å². The summed E-state index contributed by atoms with van der Waals surface area (Å²) >= 11 is 0. The Labute approximate surface area is 135 Å². The molecule has 122 valence electrons. The third-order valence-electron chi connectivity index (χ3n) is 2.85. The van der Waals surface area contributed by atoms with Crippen molar-refractivity contribution in [2.45, 2.75) is 26.7 Å². The first kappa shape index (κ1) is 18.2. The molecule has 0 spiro atoms. The lowest BCUT2D eigenvalue weighted by Gasteiger charge is -2.06. The second-order valence-corrected chi connectivity index (χ2v) is 4.60. The fourth-order valence-electron chi connectivity index (χ4n) is 1.60. The molecule has 6 heteroatoms. The lowest BCUT2D eigenvalue weighted by atomic mass is 10.2. The Morgan fingerprint density at radius 2 is 1.91 bits per heavy atom. The van der Waals surface area contributed by atoms with Crippen molar-refractivity contribution in [1.29, 1.82) is 5.26 Å². The third kappa shape index (κ3) is 6.22. The molecule has 6 nitrogen and oxygen atoms in total. The molecule has 23 heavy (non-hydrogen) atoms. The smallest absolute Gasteiger partial charge is 0.350 e. The van der Waals surface area contributed by atoms with Crippen LogP contribution in [0, 0.1) is 11.3 Å². The SMILES string of the molecule is CCCCOC(=O)c1ccc(N/C=C(/C#N)C(=O)OCC)cc1. The van der Waals surface area contributed by atoms with E-state index in [2.05, 4.69) is 5.32 Å². The largest absolute Gasteiger partial charge is 0.462 e. The van der Waals surface area contributed by atoms with Crippen LogP contribution in [0.15, 0.2) is 36.0 Å². The predicted octanol–water partition coefficient (Wildman–Crippen LogP) is 3.03. The summed E-state index contributed by atoms with van der Waals surface area (Å²) in [7, 11) is 0. The molecule has 0 aliphatic carbocycles. The molecule has 0 saturated heterocycles. The van der Waals surface area contributed by atoms with Crippen molar-refractivity contribution >= 4 is 17.6 Å². The van der Waals surface area contributed by atoms with Gasteiger partial charge in [-0.3, -0.25) is 0 Å². The van der Waals surface area contributed by atoms with E-state index in [0.717, 1.165) is 12.8 Å². The molecule has 0 radical (unpaired) electrons. The summed E-state index contributed by atoms with van der Waals surface area (Å²) in [4.78, 5) is 23.2. The summed E-state index contributed by atoms with van der Waals surface area (Å²) in [5.74, 6) is -1.05. The minimum Gasteiger partial charge on any atom is -0.462 e. The Morgan fingerprint density at radius 3 is 2.48 bits per heavy atom. The number of carbonyl (C=O) groups excluding carboxylic acids is 2. The molecule has 0 heterocycles. The summed E-state index contributed by atoms with van der Waals surface area (Å²) in [5, 5.41) is 11.7. The van der Waals surface area contributed by atoms with Gasteiger partial charge in [-0.25, -0.2) is 9.59 Å². The molecule has 0 aliphatic heterocycles. The quantitative estimate of drug-likeness (QED) is 0.343. The zero-order valence-corrected chi connectivity index (χ0v) is 13.3. The van der Waals surface area contributed by atoms with Crippen LogP contribution in [0.4, 0.5) is 5.69 Å². The standard InChI is InChI=1S/C17H20N2O4/c1-3-5-10-23-16(20)13-6-8-15(9-7-13)19-12-14(11-18)17(21)22-4-2/h6-9,12,19H,3-5,10H2,1-2H3/b14-12-. The number of carbonyl (C=O) groups is 2. The van der Waals surface area contributed by atoms with Crippen LogP contribution in [0.5, 0.6) is 0 Å². The van der Waals surface area contributed by atoms with Gasteiger partial charge < -0.3 is 14.8 Å². The van der Waals surface area contributed by atoms with E-state index in [1.165, 1.54) is 6.20 Å². The topological polar surface area (TPSA) is 88.4 Å². The van der Waals surface area contributed by atoms with Crippen LogP contribution >= 0.6 is 0 Å². The third-order valence-corrected chi connectivity index (χ3v) is 2.85. The van der Waals surface area contributed by atoms with Crippen molar-refractivity contribution in [2.24, 2.45) is 0 Å². The molecule has 0 unspecified atom stereocenters. The minimum absolute atomic E-state index is 0.130. The van der Waals surface area contributed by atoms with E-state index in [1.54, 1.807) is 37.3 Å². The van der Waals surface area contributed by atoms with Crippen LogP contribution in [0.1, 0.15) is 37.0 Å². The number of anilines is 1. The molecular weight excluding hydrogens is 296 g/mol. The van der Waals surface area contributed by atoms with Gasteiger partial charge in [0.15, 0.2) is 5.57 Å². The monoisotopic (exact) mass is 316 g/mol. The van der Waals surface area contributed by atoms with Crippen molar-refractivity contribution in [1.82, 2.24) is 0 Å².